The van der Waals surface area contributed by atoms with Crippen LogP contribution < -0.4 is 5.32 Å². The predicted molar refractivity (Wildman–Crippen MR) is 175 cm³/mol. The maximum absolute atomic E-state index is 13.9. The van der Waals surface area contributed by atoms with Gasteiger partial charge in [-0.05, 0) is 87.7 Å². The Hall–Kier alpha value is -2.81. The summed E-state index contributed by atoms with van der Waals surface area (Å²) >= 11 is 0. The van der Waals surface area contributed by atoms with E-state index in [4.69, 9.17) is 9.31 Å². The SMILES string of the molecule is CC1(C)[C@@H]2C[C@H]3OB([C@H](Cc4ccccc4)NC(=O)C[C@@H]4CCCN(C(=O)C(C#N)=CC(C)(C)N5CCC(F)(F)C5)C4)O[C@@]3(C)[C@H]1C2. The van der Waals surface area contributed by atoms with Gasteiger partial charge in [0.15, 0.2) is 0 Å². The lowest BCUT2D eigenvalue weighted by atomic mass is 9.43. The van der Waals surface area contributed by atoms with Gasteiger partial charge in [-0.15, -0.1) is 0 Å². The van der Waals surface area contributed by atoms with Gasteiger partial charge in [0.1, 0.15) is 11.6 Å². The Morgan fingerprint density at radius 1 is 1.19 bits per heavy atom. The van der Waals surface area contributed by atoms with Gasteiger partial charge >= 0.3 is 7.12 Å². The molecule has 11 heteroatoms. The van der Waals surface area contributed by atoms with E-state index in [1.807, 2.05) is 36.4 Å². The topological polar surface area (TPSA) is 94.9 Å². The Balaban J connectivity index is 1.10. The lowest BCUT2D eigenvalue weighted by Crippen LogP contribution is -2.65. The van der Waals surface area contributed by atoms with E-state index in [2.05, 4.69) is 26.1 Å². The molecule has 3 saturated carbocycles. The molecule has 0 unspecified atom stereocenters. The van der Waals surface area contributed by atoms with Gasteiger partial charge in [0.05, 0.1) is 24.2 Å². The van der Waals surface area contributed by atoms with Gasteiger partial charge in [0, 0.05) is 38.0 Å². The summed E-state index contributed by atoms with van der Waals surface area (Å²) in [6, 6.07) is 12.1. The molecule has 6 aliphatic rings. The minimum absolute atomic E-state index is 0.00619. The van der Waals surface area contributed by atoms with Crippen LogP contribution in [-0.2, 0) is 25.3 Å². The van der Waals surface area contributed by atoms with Crippen molar-refractivity contribution in [1.29, 1.82) is 5.26 Å². The Morgan fingerprint density at radius 3 is 2.60 bits per heavy atom. The number of amides is 2. The van der Waals surface area contributed by atoms with Crippen molar-refractivity contribution >= 4 is 18.9 Å². The molecule has 1 aromatic carbocycles. The van der Waals surface area contributed by atoms with E-state index in [0.717, 1.165) is 24.8 Å². The van der Waals surface area contributed by atoms with E-state index >= 15 is 0 Å². The van der Waals surface area contributed by atoms with Gasteiger partial charge in [-0.1, -0.05) is 44.2 Å². The highest BCUT2D eigenvalue weighted by atomic mass is 19.3. The number of piperidine rings is 1. The fourth-order valence-corrected chi connectivity index (χ4v) is 9.08. The summed E-state index contributed by atoms with van der Waals surface area (Å²) < 4.78 is 41.2. The second-order valence-corrected chi connectivity index (χ2v) is 16.0. The van der Waals surface area contributed by atoms with Crippen LogP contribution in [0.5, 0.6) is 0 Å². The van der Waals surface area contributed by atoms with E-state index in [1.54, 1.807) is 23.6 Å². The molecule has 2 amide bonds. The van der Waals surface area contributed by atoms with Crippen LogP contribution in [0.2, 0.25) is 0 Å². The second kappa shape index (κ2) is 12.6. The molecule has 1 N–H and O–H groups in total. The van der Waals surface area contributed by atoms with Gasteiger partial charge in [0.25, 0.3) is 11.8 Å². The first-order valence-corrected chi connectivity index (χ1v) is 17.3. The summed E-state index contributed by atoms with van der Waals surface area (Å²) in [6.45, 7) is 11.0. The maximum Gasteiger partial charge on any atom is 0.482 e. The summed E-state index contributed by atoms with van der Waals surface area (Å²) in [5.41, 5.74) is -0.0161. The number of alkyl halides is 2. The Kier molecular flexibility index (Phi) is 9.12. The number of nitriles is 1. The van der Waals surface area contributed by atoms with E-state index < -0.39 is 31.0 Å². The molecule has 3 saturated heterocycles. The summed E-state index contributed by atoms with van der Waals surface area (Å²) in [4.78, 5) is 30.4. The molecule has 6 atom stereocenters. The summed E-state index contributed by atoms with van der Waals surface area (Å²) in [5, 5.41) is 13.1. The molecule has 8 nitrogen and oxygen atoms in total. The zero-order valence-corrected chi connectivity index (χ0v) is 28.4. The monoisotopic (exact) mass is 650 g/mol. The third-order valence-corrected chi connectivity index (χ3v) is 12.1. The van der Waals surface area contributed by atoms with E-state index in [-0.39, 0.29) is 59.8 Å². The van der Waals surface area contributed by atoms with Crippen molar-refractivity contribution in [2.75, 3.05) is 26.2 Å². The van der Waals surface area contributed by atoms with Crippen LogP contribution in [0.15, 0.2) is 42.0 Å². The molecule has 3 aliphatic carbocycles. The van der Waals surface area contributed by atoms with Gasteiger partial charge < -0.3 is 19.5 Å². The molecule has 1 aromatic rings. The molecule has 2 bridgehead atoms. The Labute approximate surface area is 278 Å². The zero-order valence-electron chi connectivity index (χ0n) is 28.4. The largest absolute Gasteiger partial charge is 0.482 e. The second-order valence-electron chi connectivity index (χ2n) is 16.0. The number of hydrogen-bond donors (Lipinski definition) is 1. The lowest BCUT2D eigenvalue weighted by molar-refractivity contribution is -0.199. The molecule has 0 radical (unpaired) electrons. The summed E-state index contributed by atoms with van der Waals surface area (Å²) in [7, 11) is -0.559. The zero-order chi connectivity index (χ0) is 33.8. The molecule has 7 rings (SSSR count). The molecule has 254 valence electrons. The number of hydrogen-bond acceptors (Lipinski definition) is 6. The highest BCUT2D eigenvalue weighted by Gasteiger charge is 2.68. The summed E-state index contributed by atoms with van der Waals surface area (Å²) in [5.74, 6) is -2.71. The highest BCUT2D eigenvalue weighted by molar-refractivity contribution is 6.48. The van der Waals surface area contributed by atoms with Crippen LogP contribution in [0, 0.1) is 34.5 Å². The third kappa shape index (κ3) is 6.75. The maximum atomic E-state index is 13.9. The number of halogens is 2. The lowest BCUT2D eigenvalue weighted by Gasteiger charge is -2.64. The van der Waals surface area contributed by atoms with Gasteiger partial charge in [-0.3, -0.25) is 14.5 Å². The molecular formula is C36H49BF2N4O4. The van der Waals surface area contributed by atoms with Crippen molar-refractivity contribution in [2.24, 2.45) is 23.2 Å². The molecule has 0 spiro atoms. The quantitative estimate of drug-likeness (QED) is 0.225. The minimum Gasteiger partial charge on any atom is -0.404 e. The fraction of sp³-hybridized carbons (Fsp3) is 0.694. The van der Waals surface area contributed by atoms with E-state index in [9.17, 15) is 23.6 Å². The average Bonchev–Trinajstić information content (AvgIpc) is 3.58. The molecule has 0 aromatic heterocycles. The smallest absolute Gasteiger partial charge is 0.404 e. The molecular weight excluding hydrogens is 601 g/mol. The van der Waals surface area contributed by atoms with Crippen molar-refractivity contribution in [2.45, 2.75) is 109 Å². The van der Waals surface area contributed by atoms with Gasteiger partial charge in [-0.2, -0.15) is 5.26 Å². The fourth-order valence-electron chi connectivity index (χ4n) is 9.08. The predicted octanol–water partition coefficient (Wildman–Crippen LogP) is 5.18. The van der Waals surface area contributed by atoms with Crippen LogP contribution in [0.25, 0.3) is 0 Å². The third-order valence-electron chi connectivity index (χ3n) is 12.1. The number of carbonyl (C=O) groups excluding carboxylic acids is 2. The number of nitrogens with one attached hydrogen (secondary N) is 1. The minimum atomic E-state index is -2.77. The van der Waals surface area contributed by atoms with Crippen molar-refractivity contribution in [3.63, 3.8) is 0 Å². The number of carbonyl (C=O) groups is 2. The van der Waals surface area contributed by atoms with Crippen LogP contribution >= 0.6 is 0 Å². The first-order valence-electron chi connectivity index (χ1n) is 17.3. The first kappa shape index (κ1) is 34.1. The van der Waals surface area contributed by atoms with Crippen molar-refractivity contribution < 1.29 is 27.7 Å². The molecule has 3 heterocycles. The van der Waals surface area contributed by atoms with Crippen LogP contribution in [-0.4, -0.2) is 84.0 Å². The number of rotatable bonds is 9. The Bertz CT molecular complexity index is 1430. The molecule has 3 aliphatic heterocycles. The normalized spacial score (nSPS) is 32.3. The van der Waals surface area contributed by atoms with Gasteiger partial charge in [0.2, 0.25) is 5.91 Å². The van der Waals surface area contributed by atoms with Crippen molar-refractivity contribution in [3.05, 3.63) is 47.5 Å². The van der Waals surface area contributed by atoms with E-state index in [0.29, 0.717) is 37.8 Å². The first-order chi connectivity index (χ1) is 22.1. The van der Waals surface area contributed by atoms with Crippen LogP contribution in [0.4, 0.5) is 8.78 Å². The van der Waals surface area contributed by atoms with Crippen molar-refractivity contribution in [3.8, 4) is 6.07 Å². The highest BCUT2D eigenvalue weighted by Crippen LogP contribution is 2.65. The number of likely N-dealkylation sites (tertiary alicyclic amines) is 2. The van der Waals surface area contributed by atoms with E-state index in [1.165, 1.54) is 6.08 Å². The van der Waals surface area contributed by atoms with Crippen LogP contribution in [0.1, 0.15) is 78.7 Å². The van der Waals surface area contributed by atoms with Gasteiger partial charge in [-0.25, -0.2) is 8.78 Å². The standard InChI is InChI=1S/C36H49BF2N4O4/c1-33(2,43-15-13-36(38,39)23-43)20-26(21-40)32(45)42-14-9-12-25(22-42)17-31(44)41-30(16-24-10-7-6-8-11-24)37-46-29-19-27-18-28(34(27,3)4)35(29,5)47-37/h6-8,10-11,20,25,27-30H,9,12-19,22-23H2,1-5H3,(H,41,44)/t25-,27-,28-,29+,30-,35-/m0/s1. The van der Waals surface area contributed by atoms with Crippen LogP contribution in [0.3, 0.4) is 0 Å². The Morgan fingerprint density at radius 2 is 1.94 bits per heavy atom. The number of benzene rings is 1. The van der Waals surface area contributed by atoms with Crippen molar-refractivity contribution in [1.82, 2.24) is 15.1 Å². The average molecular weight is 651 g/mol. The molecule has 47 heavy (non-hydrogen) atoms. The number of nitrogens with zero attached hydrogens (tertiary/aromatic N) is 3. The molecule has 6 fully saturated rings. The summed E-state index contributed by atoms with van der Waals surface area (Å²) in [6.07, 6.45) is 5.72.